The van der Waals surface area contributed by atoms with Gasteiger partial charge < -0.3 is 4.90 Å². The summed E-state index contributed by atoms with van der Waals surface area (Å²) in [6, 6.07) is 14.4. The molecule has 1 heterocycles. The number of nitriles is 1. The molecule has 5 nitrogen and oxygen atoms in total. The number of hydrogen-bond donors (Lipinski definition) is 0. The van der Waals surface area contributed by atoms with Crippen molar-refractivity contribution in [1.29, 1.82) is 5.26 Å². The molecule has 0 saturated carbocycles. The minimum Gasteiger partial charge on any atom is -0.368 e. The molecule has 2 aromatic carbocycles. The van der Waals surface area contributed by atoms with E-state index in [2.05, 4.69) is 30.9 Å². The highest BCUT2D eigenvalue weighted by Gasteiger charge is 2.29. The monoisotopic (exact) mass is 355 g/mol. The first-order valence-corrected chi connectivity index (χ1v) is 9.69. The molecule has 0 atom stereocenters. The maximum absolute atomic E-state index is 12.8. The maximum Gasteiger partial charge on any atom is 0.243 e. The minimum atomic E-state index is -3.56. The van der Waals surface area contributed by atoms with E-state index in [1.807, 2.05) is 12.1 Å². The Bertz CT molecular complexity index is 904. The Morgan fingerprint density at radius 2 is 1.56 bits per heavy atom. The van der Waals surface area contributed by atoms with Crippen LogP contribution in [0.25, 0.3) is 0 Å². The van der Waals surface area contributed by atoms with Gasteiger partial charge in [0, 0.05) is 31.9 Å². The first kappa shape index (κ1) is 17.5. The molecule has 130 valence electrons. The van der Waals surface area contributed by atoms with Crippen molar-refractivity contribution in [1.82, 2.24) is 4.31 Å². The number of aryl methyl sites for hydroxylation is 2. The highest BCUT2D eigenvalue weighted by Crippen LogP contribution is 2.27. The number of hydrogen-bond acceptors (Lipinski definition) is 4. The smallest absolute Gasteiger partial charge is 0.243 e. The van der Waals surface area contributed by atoms with E-state index in [4.69, 9.17) is 5.26 Å². The maximum atomic E-state index is 12.8. The van der Waals surface area contributed by atoms with Gasteiger partial charge in [-0.1, -0.05) is 24.3 Å². The predicted molar refractivity (Wildman–Crippen MR) is 98.0 cm³/mol. The molecule has 0 N–H and O–H groups in total. The lowest BCUT2D eigenvalue weighted by Gasteiger charge is -2.36. The first-order chi connectivity index (χ1) is 11.9. The molecule has 0 unspecified atom stereocenters. The van der Waals surface area contributed by atoms with Crippen molar-refractivity contribution in [2.75, 3.05) is 31.1 Å². The van der Waals surface area contributed by atoms with Crippen LogP contribution in [0.2, 0.25) is 0 Å². The van der Waals surface area contributed by atoms with Crippen molar-refractivity contribution in [3.8, 4) is 6.07 Å². The number of benzene rings is 2. The van der Waals surface area contributed by atoms with Crippen LogP contribution in [0, 0.1) is 25.2 Å². The summed E-state index contributed by atoms with van der Waals surface area (Å²) < 4.78 is 27.2. The fraction of sp³-hybridized carbons (Fsp3) is 0.316. The summed E-state index contributed by atoms with van der Waals surface area (Å²) in [4.78, 5) is 2.44. The topological polar surface area (TPSA) is 64.4 Å². The molecular formula is C19H21N3O2S. The fourth-order valence-corrected chi connectivity index (χ4v) is 4.80. The summed E-state index contributed by atoms with van der Waals surface area (Å²) in [7, 11) is -3.56. The van der Waals surface area contributed by atoms with Crippen LogP contribution in [-0.2, 0) is 10.0 Å². The average molecular weight is 355 g/mol. The highest BCUT2D eigenvalue weighted by atomic mass is 32.2. The second kappa shape index (κ2) is 6.87. The molecule has 0 radical (unpaired) electrons. The van der Waals surface area contributed by atoms with Crippen LogP contribution < -0.4 is 4.90 Å². The van der Waals surface area contributed by atoms with Gasteiger partial charge in [0.15, 0.2) is 0 Å². The van der Waals surface area contributed by atoms with Gasteiger partial charge in [0.05, 0.1) is 16.5 Å². The van der Waals surface area contributed by atoms with Gasteiger partial charge in [-0.2, -0.15) is 9.57 Å². The van der Waals surface area contributed by atoms with Crippen LogP contribution in [0.4, 0.5) is 5.69 Å². The summed E-state index contributed by atoms with van der Waals surface area (Å²) in [5, 5.41) is 8.99. The minimum absolute atomic E-state index is 0.187. The van der Waals surface area contributed by atoms with Crippen molar-refractivity contribution < 1.29 is 8.42 Å². The number of sulfonamides is 1. The van der Waals surface area contributed by atoms with Crippen molar-refractivity contribution in [2.45, 2.75) is 18.7 Å². The zero-order chi connectivity index (χ0) is 18.0. The number of rotatable bonds is 3. The molecule has 1 aliphatic heterocycles. The summed E-state index contributed by atoms with van der Waals surface area (Å²) in [6.45, 7) is 6.35. The van der Waals surface area contributed by atoms with Gasteiger partial charge in [0.25, 0.3) is 0 Å². The molecule has 1 aliphatic rings. The van der Waals surface area contributed by atoms with Crippen molar-refractivity contribution in [3.05, 3.63) is 59.2 Å². The van der Waals surface area contributed by atoms with Crippen LogP contribution >= 0.6 is 0 Å². The summed E-state index contributed by atoms with van der Waals surface area (Å²) in [5.74, 6) is 0. The van der Waals surface area contributed by atoms with Crippen molar-refractivity contribution in [2.24, 2.45) is 0 Å². The Balaban J connectivity index is 1.79. The van der Waals surface area contributed by atoms with E-state index >= 15 is 0 Å². The zero-order valence-corrected chi connectivity index (χ0v) is 15.3. The average Bonchev–Trinajstić information content (AvgIpc) is 2.62. The highest BCUT2D eigenvalue weighted by molar-refractivity contribution is 7.89. The van der Waals surface area contributed by atoms with Crippen molar-refractivity contribution in [3.63, 3.8) is 0 Å². The van der Waals surface area contributed by atoms with Gasteiger partial charge in [-0.15, -0.1) is 0 Å². The van der Waals surface area contributed by atoms with Crippen LogP contribution in [-0.4, -0.2) is 38.9 Å². The van der Waals surface area contributed by atoms with Gasteiger partial charge in [-0.3, -0.25) is 0 Å². The number of nitrogens with zero attached hydrogens (tertiary/aromatic N) is 3. The normalized spacial score (nSPS) is 15.8. The van der Waals surface area contributed by atoms with E-state index in [0.717, 1.165) is 0 Å². The van der Waals surface area contributed by atoms with Gasteiger partial charge >= 0.3 is 0 Å². The summed E-state index contributed by atoms with van der Waals surface area (Å²) in [6.07, 6.45) is 0. The zero-order valence-electron chi connectivity index (χ0n) is 14.4. The lowest BCUT2D eigenvalue weighted by atomic mass is 10.1. The SMILES string of the molecule is Cc1cccc(C)c1N1CCN(S(=O)(=O)c2cccc(C#N)c2)CC1. The molecule has 1 saturated heterocycles. The molecule has 0 bridgehead atoms. The quantitative estimate of drug-likeness (QED) is 0.849. The third-order valence-corrected chi connectivity index (χ3v) is 6.49. The second-order valence-electron chi connectivity index (χ2n) is 6.27. The fourth-order valence-electron chi connectivity index (χ4n) is 3.33. The van der Waals surface area contributed by atoms with Crippen LogP contribution in [0.1, 0.15) is 16.7 Å². The molecule has 0 amide bonds. The van der Waals surface area contributed by atoms with E-state index in [1.54, 1.807) is 18.2 Å². The third kappa shape index (κ3) is 3.39. The lowest BCUT2D eigenvalue weighted by molar-refractivity contribution is 0.384. The van der Waals surface area contributed by atoms with E-state index in [9.17, 15) is 8.42 Å². The van der Waals surface area contributed by atoms with Crippen LogP contribution in [0.5, 0.6) is 0 Å². The number of anilines is 1. The lowest BCUT2D eigenvalue weighted by Crippen LogP contribution is -2.49. The van der Waals surface area contributed by atoms with Gasteiger partial charge in [0.1, 0.15) is 0 Å². The van der Waals surface area contributed by atoms with Gasteiger partial charge in [0.2, 0.25) is 10.0 Å². The number of para-hydroxylation sites is 1. The van der Waals surface area contributed by atoms with E-state index in [1.165, 1.54) is 27.2 Å². The molecule has 0 aliphatic carbocycles. The molecule has 3 rings (SSSR count). The third-order valence-electron chi connectivity index (χ3n) is 4.60. The molecule has 1 fully saturated rings. The molecule has 25 heavy (non-hydrogen) atoms. The molecule has 6 heteroatoms. The van der Waals surface area contributed by atoms with E-state index < -0.39 is 10.0 Å². The Labute approximate surface area is 149 Å². The molecule has 0 spiro atoms. The van der Waals surface area contributed by atoms with Crippen LogP contribution in [0.3, 0.4) is 0 Å². The largest absolute Gasteiger partial charge is 0.368 e. The Morgan fingerprint density at radius 3 is 2.16 bits per heavy atom. The Hall–Kier alpha value is -2.36. The van der Waals surface area contributed by atoms with Crippen molar-refractivity contribution >= 4 is 15.7 Å². The molecule has 0 aromatic heterocycles. The Kier molecular flexibility index (Phi) is 4.80. The number of piperazine rings is 1. The standard InChI is InChI=1S/C19H21N3O2S/c1-15-5-3-6-16(2)19(15)21-9-11-22(12-10-21)25(23,24)18-8-4-7-17(13-18)14-20/h3-8,13H,9-12H2,1-2H3. The Morgan fingerprint density at radius 1 is 0.960 bits per heavy atom. The first-order valence-electron chi connectivity index (χ1n) is 8.25. The van der Waals surface area contributed by atoms with Crippen LogP contribution in [0.15, 0.2) is 47.4 Å². The molecule has 2 aromatic rings. The van der Waals surface area contributed by atoms with E-state index in [-0.39, 0.29) is 4.90 Å². The van der Waals surface area contributed by atoms with Gasteiger partial charge in [-0.05, 0) is 43.2 Å². The predicted octanol–water partition coefficient (Wildman–Crippen LogP) is 2.69. The molecular weight excluding hydrogens is 334 g/mol. The van der Waals surface area contributed by atoms with Gasteiger partial charge in [-0.25, -0.2) is 8.42 Å². The summed E-state index contributed by atoms with van der Waals surface area (Å²) in [5.41, 5.74) is 3.97. The second-order valence-corrected chi connectivity index (χ2v) is 8.21. The summed E-state index contributed by atoms with van der Waals surface area (Å²) >= 11 is 0. The van der Waals surface area contributed by atoms with E-state index in [0.29, 0.717) is 31.7 Å².